The smallest absolute Gasteiger partial charge is 0.226 e. The quantitative estimate of drug-likeness (QED) is 0.839. The molecule has 1 fully saturated rings. The maximum atomic E-state index is 13.1. The fraction of sp³-hybridized carbons (Fsp3) is 0.450. The van der Waals surface area contributed by atoms with Crippen LogP contribution in [-0.2, 0) is 11.3 Å². The van der Waals surface area contributed by atoms with Gasteiger partial charge < -0.3 is 10.2 Å². The van der Waals surface area contributed by atoms with E-state index in [-0.39, 0.29) is 23.7 Å². The van der Waals surface area contributed by atoms with E-state index < -0.39 is 0 Å². The maximum Gasteiger partial charge on any atom is 0.226 e. The third kappa shape index (κ3) is 4.10. The minimum atomic E-state index is -0.225. The number of nitrogens with one attached hydrogen (secondary N) is 1. The minimum Gasteiger partial charge on any atom is -0.335 e. The van der Waals surface area contributed by atoms with Crippen molar-refractivity contribution in [3.8, 4) is 10.4 Å². The fourth-order valence-electron chi connectivity index (χ4n) is 3.04. The van der Waals surface area contributed by atoms with E-state index in [9.17, 15) is 9.18 Å². The van der Waals surface area contributed by atoms with E-state index in [2.05, 4.69) is 31.3 Å². The predicted octanol–water partition coefficient (Wildman–Crippen LogP) is 4.15. The van der Waals surface area contributed by atoms with Crippen LogP contribution in [0.4, 0.5) is 4.39 Å². The Morgan fingerprint density at radius 3 is 2.44 bits per heavy atom. The molecule has 134 valence electrons. The van der Waals surface area contributed by atoms with E-state index in [1.165, 1.54) is 12.1 Å². The van der Waals surface area contributed by atoms with Gasteiger partial charge in [0, 0.05) is 21.7 Å². The van der Waals surface area contributed by atoms with Crippen molar-refractivity contribution in [2.45, 2.75) is 33.4 Å². The van der Waals surface area contributed by atoms with Crippen LogP contribution < -0.4 is 5.32 Å². The van der Waals surface area contributed by atoms with E-state index in [1.54, 1.807) is 23.5 Å². The zero-order chi connectivity index (χ0) is 18.0. The lowest BCUT2D eigenvalue weighted by Gasteiger charge is -2.36. The lowest BCUT2D eigenvalue weighted by Crippen LogP contribution is -2.51. The summed E-state index contributed by atoms with van der Waals surface area (Å²) in [6.45, 7) is 8.68. The maximum absolute atomic E-state index is 13.1. The fourth-order valence-corrected chi connectivity index (χ4v) is 4.06. The Labute approximate surface area is 152 Å². The van der Waals surface area contributed by atoms with Gasteiger partial charge in [0.25, 0.3) is 0 Å². The van der Waals surface area contributed by atoms with E-state index in [4.69, 9.17) is 0 Å². The molecule has 5 heteroatoms. The third-order valence-corrected chi connectivity index (χ3v) is 6.05. The molecule has 3 nitrogen and oxygen atoms in total. The van der Waals surface area contributed by atoms with Crippen molar-refractivity contribution in [2.75, 3.05) is 13.1 Å². The molecule has 1 saturated heterocycles. The number of benzene rings is 1. The van der Waals surface area contributed by atoms with E-state index in [1.807, 2.05) is 11.8 Å². The lowest BCUT2D eigenvalue weighted by molar-refractivity contribution is -0.139. The van der Waals surface area contributed by atoms with Crippen LogP contribution in [0.5, 0.6) is 0 Å². The van der Waals surface area contributed by atoms with Gasteiger partial charge in [0.2, 0.25) is 5.91 Å². The van der Waals surface area contributed by atoms with Gasteiger partial charge in [-0.15, -0.1) is 11.3 Å². The summed E-state index contributed by atoms with van der Waals surface area (Å²) in [7, 11) is 0. The van der Waals surface area contributed by atoms with E-state index in [0.717, 1.165) is 28.4 Å². The summed E-state index contributed by atoms with van der Waals surface area (Å²) in [6.07, 6.45) is 0. The Kier molecular flexibility index (Phi) is 5.54. The molecular formula is C20H25FN2OS. The largest absolute Gasteiger partial charge is 0.335 e. The number of hydrogen-bond acceptors (Lipinski definition) is 3. The van der Waals surface area contributed by atoms with Crippen LogP contribution in [0.1, 0.15) is 25.6 Å². The molecule has 1 aromatic carbocycles. The van der Waals surface area contributed by atoms with Crippen LogP contribution in [0, 0.1) is 17.7 Å². The number of carbonyl (C=O) groups excluding carboxylic acids is 1. The average molecular weight is 360 g/mol. The summed E-state index contributed by atoms with van der Waals surface area (Å²) in [5, 5.41) is 3.24. The molecule has 1 N–H and O–H groups in total. The standard InChI is InChI=1S/C20H25FN2OS/c1-13(2)23(20(24)14(3)16-10-22-11-16)12-18-8-9-19(25-18)15-4-6-17(21)7-5-15/h4-9,13-14,16,22H,10-12H2,1-3H3. The molecule has 1 unspecified atom stereocenters. The zero-order valence-electron chi connectivity index (χ0n) is 15.0. The molecule has 0 spiro atoms. The Bertz CT molecular complexity index is 722. The topological polar surface area (TPSA) is 32.3 Å². The molecule has 25 heavy (non-hydrogen) atoms. The number of hydrogen-bond donors (Lipinski definition) is 1. The molecular weight excluding hydrogens is 335 g/mol. The highest BCUT2D eigenvalue weighted by Crippen LogP contribution is 2.30. The summed E-state index contributed by atoms with van der Waals surface area (Å²) in [5.41, 5.74) is 1.01. The number of nitrogens with zero attached hydrogens (tertiary/aromatic N) is 1. The molecule has 1 aromatic heterocycles. The molecule has 2 aromatic rings. The van der Waals surface area contributed by atoms with Gasteiger partial charge in [-0.05, 0) is 62.7 Å². The second-order valence-corrected chi connectivity index (χ2v) is 8.21. The summed E-state index contributed by atoms with van der Waals surface area (Å²) in [6, 6.07) is 10.8. The molecule has 1 aliphatic rings. The third-order valence-electron chi connectivity index (χ3n) is 4.93. The van der Waals surface area contributed by atoms with Gasteiger partial charge in [-0.1, -0.05) is 19.1 Å². The first kappa shape index (κ1) is 18.1. The van der Waals surface area contributed by atoms with Crippen LogP contribution in [0.15, 0.2) is 36.4 Å². The SMILES string of the molecule is CC(C(=O)N(Cc1ccc(-c2ccc(F)cc2)s1)C(C)C)C1CNC1. The number of carbonyl (C=O) groups is 1. The summed E-state index contributed by atoms with van der Waals surface area (Å²) in [4.78, 5) is 17.1. The number of amides is 1. The highest BCUT2D eigenvalue weighted by molar-refractivity contribution is 7.15. The Hall–Kier alpha value is -1.72. The second kappa shape index (κ2) is 7.67. The summed E-state index contributed by atoms with van der Waals surface area (Å²) < 4.78 is 13.1. The molecule has 1 amide bonds. The summed E-state index contributed by atoms with van der Waals surface area (Å²) >= 11 is 1.67. The molecule has 0 saturated carbocycles. The highest BCUT2D eigenvalue weighted by Gasteiger charge is 2.32. The Morgan fingerprint density at radius 1 is 1.20 bits per heavy atom. The number of rotatable bonds is 6. The van der Waals surface area contributed by atoms with Crippen molar-refractivity contribution >= 4 is 17.2 Å². The van der Waals surface area contributed by atoms with Gasteiger partial charge in [0.15, 0.2) is 0 Å². The van der Waals surface area contributed by atoms with Crippen molar-refractivity contribution in [3.05, 3.63) is 47.1 Å². The van der Waals surface area contributed by atoms with Gasteiger partial charge >= 0.3 is 0 Å². The molecule has 3 rings (SSSR count). The van der Waals surface area contributed by atoms with Gasteiger partial charge in [0.05, 0.1) is 6.54 Å². The van der Waals surface area contributed by atoms with Gasteiger partial charge in [-0.3, -0.25) is 4.79 Å². The predicted molar refractivity (Wildman–Crippen MR) is 101 cm³/mol. The first-order valence-corrected chi connectivity index (χ1v) is 9.63. The summed E-state index contributed by atoms with van der Waals surface area (Å²) in [5.74, 6) is 0.516. The Morgan fingerprint density at radius 2 is 1.88 bits per heavy atom. The number of halogens is 1. The van der Waals surface area contributed by atoms with Crippen LogP contribution in [0.25, 0.3) is 10.4 Å². The van der Waals surface area contributed by atoms with Crippen LogP contribution in [-0.4, -0.2) is 29.9 Å². The average Bonchev–Trinajstić information content (AvgIpc) is 2.99. The first-order valence-electron chi connectivity index (χ1n) is 8.81. The molecule has 0 radical (unpaired) electrons. The normalized spacial score (nSPS) is 15.9. The van der Waals surface area contributed by atoms with Crippen molar-refractivity contribution < 1.29 is 9.18 Å². The number of thiophene rings is 1. The zero-order valence-corrected chi connectivity index (χ0v) is 15.8. The molecule has 1 atom stereocenters. The molecule has 0 bridgehead atoms. The monoisotopic (exact) mass is 360 g/mol. The minimum absolute atomic E-state index is 0.0557. The second-order valence-electron chi connectivity index (χ2n) is 7.04. The highest BCUT2D eigenvalue weighted by atomic mass is 32.1. The molecule has 2 heterocycles. The van der Waals surface area contributed by atoms with Crippen molar-refractivity contribution in [1.82, 2.24) is 10.2 Å². The van der Waals surface area contributed by atoms with Crippen LogP contribution in [0.3, 0.4) is 0 Å². The first-order chi connectivity index (χ1) is 12.0. The van der Waals surface area contributed by atoms with Gasteiger partial charge in [0.1, 0.15) is 5.82 Å². The lowest BCUT2D eigenvalue weighted by atomic mass is 9.87. The molecule has 0 aliphatic carbocycles. The Balaban J connectivity index is 1.72. The molecule has 1 aliphatic heterocycles. The van der Waals surface area contributed by atoms with Gasteiger partial charge in [-0.2, -0.15) is 0 Å². The van der Waals surface area contributed by atoms with Crippen molar-refractivity contribution in [3.63, 3.8) is 0 Å². The van der Waals surface area contributed by atoms with Crippen LogP contribution in [0.2, 0.25) is 0 Å². The van der Waals surface area contributed by atoms with Crippen LogP contribution >= 0.6 is 11.3 Å². The van der Waals surface area contributed by atoms with Crippen molar-refractivity contribution in [2.24, 2.45) is 11.8 Å². The van der Waals surface area contributed by atoms with E-state index in [0.29, 0.717) is 12.5 Å². The van der Waals surface area contributed by atoms with Gasteiger partial charge in [-0.25, -0.2) is 4.39 Å². The van der Waals surface area contributed by atoms with Crippen molar-refractivity contribution in [1.29, 1.82) is 0 Å². The van der Waals surface area contributed by atoms with E-state index >= 15 is 0 Å².